The van der Waals surface area contributed by atoms with Crippen molar-refractivity contribution in [2.75, 3.05) is 13.1 Å². The molecule has 1 aromatic rings. The number of benzene rings is 1. The minimum absolute atomic E-state index is 0.727. The van der Waals surface area contributed by atoms with E-state index in [1.54, 1.807) is 0 Å². The van der Waals surface area contributed by atoms with Gasteiger partial charge in [-0.15, -0.1) is 0 Å². The lowest BCUT2D eigenvalue weighted by Crippen LogP contribution is -2.22. The smallest absolute Gasteiger partial charge is 0.0408 e. The first-order valence-electron chi connectivity index (χ1n) is 6.17. The summed E-state index contributed by atoms with van der Waals surface area (Å²) in [6.07, 6.45) is 3.55. The lowest BCUT2D eigenvalue weighted by Gasteiger charge is -2.12. The Hall–Kier alpha value is -0.530. The molecule has 0 radical (unpaired) electrons. The van der Waals surface area contributed by atoms with Crippen molar-refractivity contribution in [3.8, 4) is 0 Å². The van der Waals surface area contributed by atoms with Crippen molar-refractivity contribution in [2.24, 2.45) is 5.92 Å². The fourth-order valence-electron chi connectivity index (χ4n) is 1.73. The molecule has 2 heteroatoms. The van der Waals surface area contributed by atoms with E-state index in [9.17, 15) is 0 Å². The molecule has 0 saturated carbocycles. The van der Waals surface area contributed by atoms with Gasteiger partial charge in [0.25, 0.3) is 0 Å². The van der Waals surface area contributed by atoms with E-state index in [4.69, 9.17) is 11.6 Å². The maximum Gasteiger partial charge on any atom is 0.0408 e. The molecule has 90 valence electrons. The van der Waals surface area contributed by atoms with Gasteiger partial charge in [-0.25, -0.2) is 0 Å². The summed E-state index contributed by atoms with van der Waals surface area (Å²) < 4.78 is 0. The second-order valence-electron chi connectivity index (χ2n) is 4.48. The molecule has 0 fully saturated rings. The van der Waals surface area contributed by atoms with Gasteiger partial charge in [0, 0.05) is 5.02 Å². The number of aryl methyl sites for hydroxylation is 1. The Balaban J connectivity index is 2.23. The molecule has 0 bridgehead atoms. The SMILES string of the molecule is CCCNCC(C)CCc1cccc(Cl)c1. The number of rotatable bonds is 7. The van der Waals surface area contributed by atoms with Gasteiger partial charge in [-0.05, 0) is 56.0 Å². The average molecular weight is 240 g/mol. The minimum Gasteiger partial charge on any atom is -0.316 e. The van der Waals surface area contributed by atoms with Crippen LogP contribution in [-0.4, -0.2) is 13.1 Å². The monoisotopic (exact) mass is 239 g/mol. The Morgan fingerprint density at radius 1 is 1.38 bits per heavy atom. The molecular formula is C14H22ClN. The molecule has 16 heavy (non-hydrogen) atoms. The summed E-state index contributed by atoms with van der Waals surface area (Å²) in [4.78, 5) is 0. The Labute approximate surface area is 104 Å². The Bertz CT molecular complexity index is 299. The lowest BCUT2D eigenvalue weighted by atomic mass is 10.0. The van der Waals surface area contributed by atoms with Crippen LogP contribution in [0.15, 0.2) is 24.3 Å². The third kappa shape index (κ3) is 5.53. The van der Waals surface area contributed by atoms with Crippen LogP contribution in [-0.2, 0) is 6.42 Å². The van der Waals surface area contributed by atoms with Crippen LogP contribution in [0.25, 0.3) is 0 Å². The average Bonchev–Trinajstić information content (AvgIpc) is 2.27. The first kappa shape index (κ1) is 13.5. The van der Waals surface area contributed by atoms with E-state index in [2.05, 4.69) is 31.3 Å². The van der Waals surface area contributed by atoms with E-state index >= 15 is 0 Å². The van der Waals surface area contributed by atoms with Gasteiger partial charge in [-0.2, -0.15) is 0 Å². The summed E-state index contributed by atoms with van der Waals surface area (Å²) in [5.41, 5.74) is 1.34. The van der Waals surface area contributed by atoms with Crippen LogP contribution in [0.1, 0.15) is 32.3 Å². The van der Waals surface area contributed by atoms with Crippen molar-refractivity contribution in [2.45, 2.75) is 33.1 Å². The van der Waals surface area contributed by atoms with Gasteiger partial charge in [-0.3, -0.25) is 0 Å². The highest BCUT2D eigenvalue weighted by molar-refractivity contribution is 6.30. The molecule has 0 heterocycles. The molecular weight excluding hydrogens is 218 g/mol. The summed E-state index contributed by atoms with van der Waals surface area (Å²) >= 11 is 5.95. The molecule has 0 spiro atoms. The summed E-state index contributed by atoms with van der Waals surface area (Å²) in [6.45, 7) is 6.74. The molecule has 1 unspecified atom stereocenters. The number of halogens is 1. The molecule has 1 rings (SSSR count). The fourth-order valence-corrected chi connectivity index (χ4v) is 1.95. The largest absolute Gasteiger partial charge is 0.316 e. The predicted molar refractivity (Wildman–Crippen MR) is 72.1 cm³/mol. The van der Waals surface area contributed by atoms with E-state index < -0.39 is 0 Å². The molecule has 0 aliphatic heterocycles. The van der Waals surface area contributed by atoms with Gasteiger partial charge in [0.15, 0.2) is 0 Å². The van der Waals surface area contributed by atoms with Crippen molar-refractivity contribution >= 4 is 11.6 Å². The van der Waals surface area contributed by atoms with E-state index in [1.165, 1.54) is 18.4 Å². The van der Waals surface area contributed by atoms with Crippen LogP contribution < -0.4 is 5.32 Å². The zero-order chi connectivity index (χ0) is 11.8. The standard InChI is InChI=1S/C14H22ClN/c1-3-9-16-11-12(2)7-8-13-5-4-6-14(15)10-13/h4-6,10,12,16H,3,7-9,11H2,1-2H3. The van der Waals surface area contributed by atoms with E-state index in [0.29, 0.717) is 0 Å². The summed E-state index contributed by atoms with van der Waals surface area (Å²) in [6, 6.07) is 8.17. The van der Waals surface area contributed by atoms with E-state index in [0.717, 1.165) is 30.5 Å². The predicted octanol–water partition coefficient (Wildman–Crippen LogP) is 3.91. The van der Waals surface area contributed by atoms with E-state index in [1.807, 2.05) is 12.1 Å². The molecule has 1 N–H and O–H groups in total. The molecule has 0 aromatic heterocycles. The molecule has 0 aliphatic rings. The van der Waals surface area contributed by atoms with Gasteiger partial charge in [0.1, 0.15) is 0 Å². The maximum atomic E-state index is 5.95. The third-order valence-electron chi connectivity index (χ3n) is 2.73. The number of nitrogens with one attached hydrogen (secondary N) is 1. The van der Waals surface area contributed by atoms with Gasteiger partial charge < -0.3 is 5.32 Å². The maximum absolute atomic E-state index is 5.95. The van der Waals surface area contributed by atoms with Crippen LogP contribution in [0.4, 0.5) is 0 Å². The van der Waals surface area contributed by atoms with Crippen molar-refractivity contribution in [3.63, 3.8) is 0 Å². The molecule has 1 aromatic carbocycles. The molecule has 0 amide bonds. The van der Waals surface area contributed by atoms with Crippen molar-refractivity contribution in [1.82, 2.24) is 5.32 Å². The number of hydrogen-bond donors (Lipinski definition) is 1. The molecule has 0 saturated heterocycles. The van der Waals surface area contributed by atoms with Gasteiger partial charge >= 0.3 is 0 Å². The van der Waals surface area contributed by atoms with Gasteiger partial charge in [0.05, 0.1) is 0 Å². The van der Waals surface area contributed by atoms with Crippen LogP contribution in [0.3, 0.4) is 0 Å². The van der Waals surface area contributed by atoms with Crippen molar-refractivity contribution < 1.29 is 0 Å². The second-order valence-corrected chi connectivity index (χ2v) is 4.91. The van der Waals surface area contributed by atoms with Crippen molar-refractivity contribution in [3.05, 3.63) is 34.9 Å². The molecule has 1 atom stereocenters. The third-order valence-corrected chi connectivity index (χ3v) is 2.97. The second kappa shape index (κ2) is 7.70. The highest BCUT2D eigenvalue weighted by Crippen LogP contribution is 2.14. The van der Waals surface area contributed by atoms with Crippen LogP contribution in [0, 0.1) is 5.92 Å². The number of hydrogen-bond acceptors (Lipinski definition) is 1. The zero-order valence-electron chi connectivity index (χ0n) is 10.3. The normalized spacial score (nSPS) is 12.7. The van der Waals surface area contributed by atoms with Gasteiger partial charge in [0.2, 0.25) is 0 Å². The minimum atomic E-state index is 0.727. The quantitative estimate of drug-likeness (QED) is 0.712. The lowest BCUT2D eigenvalue weighted by molar-refractivity contribution is 0.481. The van der Waals surface area contributed by atoms with Crippen LogP contribution in [0.2, 0.25) is 5.02 Å². The zero-order valence-corrected chi connectivity index (χ0v) is 11.1. The molecule has 0 aliphatic carbocycles. The Kier molecular flexibility index (Phi) is 6.51. The Morgan fingerprint density at radius 3 is 2.88 bits per heavy atom. The first-order chi connectivity index (χ1) is 7.72. The summed E-state index contributed by atoms with van der Waals surface area (Å²) in [7, 11) is 0. The van der Waals surface area contributed by atoms with Gasteiger partial charge in [-0.1, -0.05) is 37.6 Å². The first-order valence-corrected chi connectivity index (χ1v) is 6.55. The summed E-state index contributed by atoms with van der Waals surface area (Å²) in [5, 5.41) is 4.30. The Morgan fingerprint density at radius 2 is 2.19 bits per heavy atom. The van der Waals surface area contributed by atoms with Crippen LogP contribution >= 0.6 is 11.6 Å². The summed E-state index contributed by atoms with van der Waals surface area (Å²) in [5.74, 6) is 0.727. The highest BCUT2D eigenvalue weighted by Gasteiger charge is 2.02. The highest BCUT2D eigenvalue weighted by atomic mass is 35.5. The van der Waals surface area contributed by atoms with Crippen LogP contribution in [0.5, 0.6) is 0 Å². The molecule has 1 nitrogen and oxygen atoms in total. The fraction of sp³-hybridized carbons (Fsp3) is 0.571. The van der Waals surface area contributed by atoms with Crippen molar-refractivity contribution in [1.29, 1.82) is 0 Å². The van der Waals surface area contributed by atoms with E-state index in [-0.39, 0.29) is 0 Å². The topological polar surface area (TPSA) is 12.0 Å².